The molecule has 2 aliphatic carbocycles. The number of benzene rings is 3. The van der Waals surface area contributed by atoms with Crippen molar-refractivity contribution in [3.8, 4) is 11.3 Å². The van der Waals surface area contributed by atoms with E-state index in [1.54, 1.807) is 11.1 Å². The lowest BCUT2D eigenvalue weighted by Gasteiger charge is -2.16. The number of aromatic nitrogens is 2. The van der Waals surface area contributed by atoms with Gasteiger partial charge in [0.2, 0.25) is 0 Å². The van der Waals surface area contributed by atoms with Crippen LogP contribution in [0, 0.1) is 6.92 Å². The highest BCUT2D eigenvalue weighted by Gasteiger charge is 2.28. The molecule has 2 heteroatoms. The van der Waals surface area contributed by atoms with E-state index in [1.807, 2.05) is 0 Å². The Kier molecular flexibility index (Phi) is 2.77. The van der Waals surface area contributed by atoms with Gasteiger partial charge in [-0.25, -0.2) is 4.98 Å². The zero-order valence-electron chi connectivity index (χ0n) is 17.4. The van der Waals surface area contributed by atoms with E-state index in [0.717, 1.165) is 17.8 Å². The van der Waals surface area contributed by atoms with Crippen LogP contribution in [0.4, 0.5) is 0 Å². The summed E-state index contributed by atoms with van der Waals surface area (Å²) in [5, 5.41) is 8.31. The summed E-state index contributed by atoms with van der Waals surface area (Å²) in [5.41, 5.74) is 10.6. The maximum absolute atomic E-state index is 5.35. The van der Waals surface area contributed by atoms with Crippen molar-refractivity contribution in [3.05, 3.63) is 82.7 Å². The molecule has 31 heavy (non-hydrogen) atoms. The summed E-state index contributed by atoms with van der Waals surface area (Å²) in [6, 6.07) is 24.2. The minimum absolute atomic E-state index is 1.09. The first kappa shape index (κ1) is 16.1. The second kappa shape index (κ2) is 5.33. The lowest BCUT2D eigenvalue weighted by Crippen LogP contribution is -2.30. The van der Waals surface area contributed by atoms with Crippen LogP contribution < -0.4 is 10.4 Å². The molecule has 0 atom stereocenters. The molecule has 0 saturated heterocycles. The van der Waals surface area contributed by atoms with Gasteiger partial charge in [-0.1, -0.05) is 77.9 Å². The van der Waals surface area contributed by atoms with Gasteiger partial charge in [0.25, 0.3) is 0 Å². The minimum atomic E-state index is 1.09. The molecule has 0 amide bonds. The summed E-state index contributed by atoms with van der Waals surface area (Å²) in [7, 11) is 0. The van der Waals surface area contributed by atoms with E-state index in [9.17, 15) is 0 Å². The molecule has 0 spiro atoms. The van der Waals surface area contributed by atoms with Gasteiger partial charge in [-0.2, -0.15) is 0 Å². The number of hydrogen-bond donors (Lipinski definition) is 0. The van der Waals surface area contributed by atoms with E-state index in [2.05, 4.69) is 78.1 Å². The number of pyridine rings is 2. The SMILES string of the molecule is Cc1ccc2c3c(c4c(-c5ccccc5)nc5c6ccccc6c1c2n45)=C1CCC=3C1. The van der Waals surface area contributed by atoms with Crippen LogP contribution in [-0.2, 0) is 0 Å². The molecule has 146 valence electrons. The average molecular weight is 396 g/mol. The van der Waals surface area contributed by atoms with Gasteiger partial charge < -0.3 is 0 Å². The van der Waals surface area contributed by atoms with Crippen LogP contribution >= 0.6 is 0 Å². The Labute approximate surface area is 179 Å². The molecule has 1 fully saturated rings. The van der Waals surface area contributed by atoms with Crippen molar-refractivity contribution in [1.29, 1.82) is 0 Å². The lowest BCUT2D eigenvalue weighted by atomic mass is 9.95. The zero-order valence-corrected chi connectivity index (χ0v) is 17.4. The molecule has 2 bridgehead atoms. The zero-order chi connectivity index (χ0) is 20.3. The predicted molar refractivity (Wildman–Crippen MR) is 129 cm³/mol. The third-order valence-electron chi connectivity index (χ3n) is 7.59. The number of aryl methyl sites for hydroxylation is 1. The van der Waals surface area contributed by atoms with Gasteiger partial charge >= 0.3 is 0 Å². The first-order valence-corrected chi connectivity index (χ1v) is 11.2. The van der Waals surface area contributed by atoms with Crippen molar-refractivity contribution in [1.82, 2.24) is 9.38 Å². The molecular weight excluding hydrogens is 376 g/mol. The summed E-state index contributed by atoms with van der Waals surface area (Å²) in [4.78, 5) is 5.35. The van der Waals surface area contributed by atoms with Crippen LogP contribution in [0.5, 0.6) is 0 Å². The molecule has 1 saturated carbocycles. The fourth-order valence-corrected chi connectivity index (χ4v) is 6.34. The van der Waals surface area contributed by atoms with Gasteiger partial charge in [-0.3, -0.25) is 4.40 Å². The molecule has 3 aromatic heterocycles. The van der Waals surface area contributed by atoms with Crippen LogP contribution in [0.1, 0.15) is 24.8 Å². The summed E-state index contributed by atoms with van der Waals surface area (Å²) in [6.07, 6.45) is 3.57. The number of nitrogens with zero attached hydrogens (tertiary/aromatic N) is 2. The van der Waals surface area contributed by atoms with Crippen molar-refractivity contribution in [2.75, 3.05) is 0 Å². The van der Waals surface area contributed by atoms with Crippen LogP contribution in [0.25, 0.3) is 60.6 Å². The molecule has 8 rings (SSSR count). The van der Waals surface area contributed by atoms with E-state index in [-0.39, 0.29) is 0 Å². The Morgan fingerprint density at radius 2 is 1.45 bits per heavy atom. The van der Waals surface area contributed by atoms with Gasteiger partial charge in [-0.15, -0.1) is 0 Å². The van der Waals surface area contributed by atoms with E-state index in [4.69, 9.17) is 4.98 Å². The van der Waals surface area contributed by atoms with Crippen LogP contribution in [0.3, 0.4) is 0 Å². The molecule has 2 aliphatic rings. The second-order valence-electron chi connectivity index (χ2n) is 9.17. The molecule has 0 unspecified atom stereocenters. The quantitative estimate of drug-likeness (QED) is 0.257. The Bertz CT molecular complexity index is 1850. The van der Waals surface area contributed by atoms with Crippen molar-refractivity contribution in [3.63, 3.8) is 0 Å². The third kappa shape index (κ3) is 1.79. The van der Waals surface area contributed by atoms with Gasteiger partial charge in [0.1, 0.15) is 5.65 Å². The third-order valence-corrected chi connectivity index (χ3v) is 7.59. The normalized spacial score (nSPS) is 15.4. The first-order chi connectivity index (χ1) is 15.3. The van der Waals surface area contributed by atoms with E-state index in [0.29, 0.717) is 0 Å². The maximum atomic E-state index is 5.35. The molecule has 0 aliphatic heterocycles. The van der Waals surface area contributed by atoms with Crippen molar-refractivity contribution in [2.45, 2.75) is 26.2 Å². The van der Waals surface area contributed by atoms with Gasteiger partial charge in [0.05, 0.1) is 16.7 Å². The lowest BCUT2D eigenvalue weighted by molar-refractivity contribution is 1.12. The average Bonchev–Trinajstić information content (AvgIpc) is 3.53. The highest BCUT2D eigenvalue weighted by Crippen LogP contribution is 2.40. The van der Waals surface area contributed by atoms with Crippen LogP contribution in [-0.4, -0.2) is 9.38 Å². The van der Waals surface area contributed by atoms with Crippen LogP contribution in [0.2, 0.25) is 0 Å². The minimum Gasteiger partial charge on any atom is -0.290 e. The number of rotatable bonds is 1. The second-order valence-corrected chi connectivity index (χ2v) is 9.17. The fourth-order valence-electron chi connectivity index (χ4n) is 6.34. The summed E-state index contributed by atoms with van der Waals surface area (Å²) in [6.45, 7) is 2.25. The van der Waals surface area contributed by atoms with E-state index >= 15 is 0 Å². The van der Waals surface area contributed by atoms with E-state index in [1.165, 1.54) is 67.0 Å². The summed E-state index contributed by atoms with van der Waals surface area (Å²) in [5.74, 6) is 0. The molecule has 0 radical (unpaired) electrons. The summed E-state index contributed by atoms with van der Waals surface area (Å²) >= 11 is 0. The number of fused-ring (bicyclic) bond motifs is 8. The Morgan fingerprint density at radius 3 is 2.29 bits per heavy atom. The monoisotopic (exact) mass is 396 g/mol. The predicted octanol–water partition coefficient (Wildman–Crippen LogP) is 5.71. The largest absolute Gasteiger partial charge is 0.290 e. The van der Waals surface area contributed by atoms with Crippen molar-refractivity contribution >= 4 is 49.4 Å². The molecule has 0 N–H and O–H groups in total. The van der Waals surface area contributed by atoms with Crippen molar-refractivity contribution in [2.24, 2.45) is 0 Å². The van der Waals surface area contributed by atoms with Gasteiger partial charge in [0, 0.05) is 26.9 Å². The Morgan fingerprint density at radius 1 is 0.710 bits per heavy atom. The smallest absolute Gasteiger partial charge is 0.146 e. The topological polar surface area (TPSA) is 17.3 Å². The maximum Gasteiger partial charge on any atom is 0.146 e. The molecule has 6 aromatic rings. The van der Waals surface area contributed by atoms with Crippen molar-refractivity contribution < 1.29 is 0 Å². The Hall–Kier alpha value is -3.65. The Balaban J connectivity index is 1.81. The van der Waals surface area contributed by atoms with Gasteiger partial charge in [-0.05, 0) is 42.4 Å². The molecule has 2 nitrogen and oxygen atoms in total. The highest BCUT2D eigenvalue weighted by atomic mass is 15.0. The number of imidazole rings is 1. The van der Waals surface area contributed by atoms with Gasteiger partial charge in [0.15, 0.2) is 0 Å². The summed E-state index contributed by atoms with van der Waals surface area (Å²) < 4.78 is 2.50. The molecule has 3 heterocycles. The molecular formula is C29H20N2. The van der Waals surface area contributed by atoms with Crippen LogP contribution in [0.15, 0.2) is 66.7 Å². The fraction of sp³-hybridized carbons (Fsp3) is 0.138. The highest BCUT2D eigenvalue weighted by molar-refractivity contribution is 6.19. The standard InChI is InChI=1S/C29H20N2/c1-16-11-14-22-24-18-12-13-19(15-18)25(24)28-26(17-7-3-2-4-8-17)30-29-21-10-6-5-9-20(21)23(16)27(22)31(28)29/h2-11,14H,12-13,15H2,1H3. The van der Waals surface area contributed by atoms with E-state index < -0.39 is 0 Å². The molecule has 3 aromatic carbocycles. The number of hydrogen-bond acceptors (Lipinski definition) is 1. The first-order valence-electron chi connectivity index (χ1n) is 11.2.